The number of nitrogens with zero attached hydrogens (tertiary/aromatic N) is 2. The fraction of sp³-hybridized carbons (Fsp3) is 0.682. The molecule has 2 aliphatic rings. The van der Waals surface area contributed by atoms with Crippen molar-refractivity contribution in [1.29, 1.82) is 0 Å². The summed E-state index contributed by atoms with van der Waals surface area (Å²) in [4.78, 5) is 17.0. The predicted octanol–water partition coefficient (Wildman–Crippen LogP) is 1.87. The number of aliphatic hydroxyl groups is 1. The molecule has 0 aromatic heterocycles. The van der Waals surface area contributed by atoms with Crippen LogP contribution in [0.2, 0.25) is 0 Å². The van der Waals surface area contributed by atoms with Gasteiger partial charge in [-0.3, -0.25) is 9.69 Å². The van der Waals surface area contributed by atoms with E-state index in [1.54, 1.807) is 7.11 Å². The van der Waals surface area contributed by atoms with E-state index >= 15 is 0 Å². The van der Waals surface area contributed by atoms with Crippen molar-refractivity contribution in [2.24, 2.45) is 5.92 Å². The van der Waals surface area contributed by atoms with Crippen LogP contribution in [0.15, 0.2) is 24.3 Å². The number of benzene rings is 1. The van der Waals surface area contributed by atoms with E-state index in [-0.39, 0.29) is 11.8 Å². The van der Waals surface area contributed by atoms with Crippen LogP contribution in [-0.4, -0.2) is 73.3 Å². The van der Waals surface area contributed by atoms with Gasteiger partial charge in [0.1, 0.15) is 5.75 Å². The van der Waals surface area contributed by atoms with E-state index in [4.69, 9.17) is 4.74 Å². The summed E-state index contributed by atoms with van der Waals surface area (Å²) in [6.07, 6.45) is 4.13. The van der Waals surface area contributed by atoms with Gasteiger partial charge in [-0.1, -0.05) is 12.1 Å². The number of amides is 1. The number of carbonyl (C=O) groups excluding carboxylic acids is 1. The Morgan fingerprint density at radius 3 is 2.64 bits per heavy atom. The molecular formula is C22H35N3O3. The molecule has 0 radical (unpaired) electrons. The van der Waals surface area contributed by atoms with E-state index in [2.05, 4.69) is 22.3 Å². The van der Waals surface area contributed by atoms with Crippen molar-refractivity contribution in [3.8, 4) is 5.75 Å². The molecule has 2 N–H and O–H groups in total. The van der Waals surface area contributed by atoms with E-state index in [0.717, 1.165) is 57.6 Å². The maximum Gasteiger partial charge on any atom is 0.225 e. The number of methoxy groups -OCH3 is 1. The van der Waals surface area contributed by atoms with Gasteiger partial charge in [-0.05, 0) is 69.9 Å². The SMILES string of the molecule is COc1ccc(CN(C)C[C@@]2(O)CCCN(C(=O)C3CCNCC3)CC2)cc1. The van der Waals surface area contributed by atoms with Gasteiger partial charge in [-0.2, -0.15) is 0 Å². The van der Waals surface area contributed by atoms with Crippen LogP contribution in [0.25, 0.3) is 0 Å². The number of hydrogen-bond acceptors (Lipinski definition) is 5. The molecule has 6 heteroatoms. The summed E-state index contributed by atoms with van der Waals surface area (Å²) in [5, 5.41) is 14.5. The van der Waals surface area contributed by atoms with Gasteiger partial charge in [0, 0.05) is 32.1 Å². The summed E-state index contributed by atoms with van der Waals surface area (Å²) in [5.74, 6) is 1.30. The lowest BCUT2D eigenvalue weighted by Gasteiger charge is -2.32. The van der Waals surface area contributed by atoms with Crippen molar-refractivity contribution in [3.63, 3.8) is 0 Å². The Morgan fingerprint density at radius 1 is 1.25 bits per heavy atom. The average molecular weight is 390 g/mol. The highest BCUT2D eigenvalue weighted by atomic mass is 16.5. The zero-order valence-corrected chi connectivity index (χ0v) is 17.3. The van der Waals surface area contributed by atoms with Crippen LogP contribution < -0.4 is 10.1 Å². The third-order valence-corrected chi connectivity index (χ3v) is 6.09. The summed E-state index contributed by atoms with van der Waals surface area (Å²) >= 11 is 0. The smallest absolute Gasteiger partial charge is 0.225 e. The number of rotatable bonds is 6. The first-order valence-corrected chi connectivity index (χ1v) is 10.5. The molecule has 2 aliphatic heterocycles. The Balaban J connectivity index is 1.51. The Bertz CT molecular complexity index is 630. The summed E-state index contributed by atoms with van der Waals surface area (Å²) in [5.41, 5.74) is 0.466. The van der Waals surface area contributed by atoms with Gasteiger partial charge in [0.2, 0.25) is 5.91 Å². The first kappa shape index (κ1) is 21.1. The molecule has 0 spiro atoms. The third-order valence-electron chi connectivity index (χ3n) is 6.09. The van der Waals surface area contributed by atoms with Gasteiger partial charge < -0.3 is 20.1 Å². The molecule has 2 heterocycles. The maximum absolute atomic E-state index is 12.8. The normalized spacial score (nSPS) is 24.2. The van der Waals surface area contributed by atoms with Crippen molar-refractivity contribution < 1.29 is 14.6 Å². The molecule has 1 aromatic rings. The van der Waals surface area contributed by atoms with Crippen molar-refractivity contribution in [2.75, 3.05) is 46.9 Å². The number of piperidine rings is 1. The molecule has 1 aromatic carbocycles. The molecule has 0 bridgehead atoms. The van der Waals surface area contributed by atoms with E-state index in [1.807, 2.05) is 24.1 Å². The average Bonchev–Trinajstić information content (AvgIpc) is 2.90. The van der Waals surface area contributed by atoms with Gasteiger partial charge in [0.25, 0.3) is 0 Å². The van der Waals surface area contributed by atoms with Crippen molar-refractivity contribution >= 4 is 5.91 Å². The zero-order valence-electron chi connectivity index (χ0n) is 17.3. The summed E-state index contributed by atoms with van der Waals surface area (Å²) < 4.78 is 5.21. The van der Waals surface area contributed by atoms with Gasteiger partial charge in [0.05, 0.1) is 12.7 Å². The van der Waals surface area contributed by atoms with Gasteiger partial charge in [0.15, 0.2) is 0 Å². The van der Waals surface area contributed by atoms with E-state index in [9.17, 15) is 9.90 Å². The highest BCUT2D eigenvalue weighted by Crippen LogP contribution is 2.26. The van der Waals surface area contributed by atoms with Gasteiger partial charge >= 0.3 is 0 Å². The second-order valence-electron chi connectivity index (χ2n) is 8.45. The Kier molecular flexibility index (Phi) is 7.32. The molecule has 1 atom stereocenters. The molecule has 28 heavy (non-hydrogen) atoms. The van der Waals surface area contributed by atoms with Crippen LogP contribution in [0, 0.1) is 5.92 Å². The van der Waals surface area contributed by atoms with Crippen molar-refractivity contribution in [3.05, 3.63) is 29.8 Å². The number of nitrogens with one attached hydrogen (secondary N) is 1. The standard InChI is InChI=1S/C22H35N3O3/c1-24(16-18-4-6-20(28-2)7-5-18)17-22(27)10-3-14-25(15-11-22)21(26)19-8-12-23-13-9-19/h4-7,19,23,27H,3,8-17H2,1-2H3/t22-/m1/s1. The van der Waals surface area contributed by atoms with Crippen molar-refractivity contribution in [2.45, 2.75) is 44.2 Å². The molecule has 6 nitrogen and oxygen atoms in total. The van der Waals surface area contributed by atoms with Crippen LogP contribution >= 0.6 is 0 Å². The second-order valence-corrected chi connectivity index (χ2v) is 8.45. The number of ether oxygens (including phenoxy) is 1. The molecule has 0 saturated carbocycles. The zero-order chi connectivity index (χ0) is 20.0. The lowest BCUT2D eigenvalue weighted by molar-refractivity contribution is -0.136. The number of hydrogen-bond donors (Lipinski definition) is 2. The maximum atomic E-state index is 12.8. The Hall–Kier alpha value is -1.63. The lowest BCUT2D eigenvalue weighted by atomic mass is 9.94. The largest absolute Gasteiger partial charge is 0.497 e. The Morgan fingerprint density at radius 2 is 1.96 bits per heavy atom. The van der Waals surface area contributed by atoms with Crippen LogP contribution in [0.5, 0.6) is 5.75 Å². The monoisotopic (exact) mass is 389 g/mol. The number of carbonyl (C=O) groups is 1. The fourth-order valence-corrected chi connectivity index (χ4v) is 4.49. The minimum atomic E-state index is -0.732. The number of likely N-dealkylation sites (N-methyl/N-ethyl adjacent to an activating group) is 1. The quantitative estimate of drug-likeness (QED) is 0.778. The lowest BCUT2D eigenvalue weighted by Crippen LogP contribution is -2.44. The topological polar surface area (TPSA) is 65.0 Å². The molecule has 2 saturated heterocycles. The summed E-state index contributed by atoms with van der Waals surface area (Å²) in [7, 11) is 3.72. The van der Waals surface area contributed by atoms with Crippen LogP contribution in [0.1, 0.15) is 37.7 Å². The van der Waals surface area contributed by atoms with E-state index < -0.39 is 5.60 Å². The molecule has 0 unspecified atom stereocenters. The molecule has 156 valence electrons. The third kappa shape index (κ3) is 5.69. The fourth-order valence-electron chi connectivity index (χ4n) is 4.49. The van der Waals surface area contributed by atoms with Gasteiger partial charge in [-0.15, -0.1) is 0 Å². The minimum absolute atomic E-state index is 0.158. The number of likely N-dealkylation sites (tertiary alicyclic amines) is 1. The molecule has 1 amide bonds. The van der Waals surface area contributed by atoms with E-state index in [1.165, 1.54) is 5.56 Å². The molecule has 0 aliphatic carbocycles. The molecular weight excluding hydrogens is 354 g/mol. The van der Waals surface area contributed by atoms with E-state index in [0.29, 0.717) is 19.5 Å². The summed E-state index contributed by atoms with van der Waals surface area (Å²) in [6.45, 7) is 4.70. The second kappa shape index (κ2) is 9.72. The highest BCUT2D eigenvalue weighted by Gasteiger charge is 2.34. The van der Waals surface area contributed by atoms with Crippen LogP contribution in [0.3, 0.4) is 0 Å². The summed E-state index contributed by atoms with van der Waals surface area (Å²) in [6, 6.07) is 8.05. The molecule has 2 fully saturated rings. The highest BCUT2D eigenvalue weighted by molar-refractivity contribution is 5.79. The minimum Gasteiger partial charge on any atom is -0.497 e. The first-order valence-electron chi connectivity index (χ1n) is 10.5. The predicted molar refractivity (Wildman–Crippen MR) is 110 cm³/mol. The van der Waals surface area contributed by atoms with Crippen LogP contribution in [0.4, 0.5) is 0 Å². The van der Waals surface area contributed by atoms with Gasteiger partial charge in [-0.25, -0.2) is 0 Å². The first-order chi connectivity index (χ1) is 13.5. The Labute approximate surface area is 168 Å². The van der Waals surface area contributed by atoms with Crippen molar-refractivity contribution in [1.82, 2.24) is 15.1 Å². The van der Waals surface area contributed by atoms with Crippen LogP contribution in [-0.2, 0) is 11.3 Å². The molecule has 3 rings (SSSR count).